The van der Waals surface area contributed by atoms with Crippen LogP contribution in [0.5, 0.6) is 11.5 Å². The smallest absolute Gasteiger partial charge is 0.374 e. The molecule has 0 amide bonds. The van der Waals surface area contributed by atoms with E-state index in [-0.39, 0.29) is 18.9 Å². The highest BCUT2D eigenvalue weighted by Gasteiger charge is 2.29. The minimum atomic E-state index is -0.520. The number of methoxy groups -OCH3 is 2. The van der Waals surface area contributed by atoms with Crippen LogP contribution >= 0.6 is 0 Å². The van der Waals surface area contributed by atoms with E-state index in [1.807, 2.05) is 102 Å². The molecule has 0 aliphatic carbocycles. The van der Waals surface area contributed by atoms with Gasteiger partial charge in [0.1, 0.15) is 23.0 Å². The van der Waals surface area contributed by atoms with Gasteiger partial charge in [0.15, 0.2) is 0 Å². The number of aromatic nitrogens is 10. The number of nitrogens with zero attached hydrogens (tertiary/aromatic N) is 10. The van der Waals surface area contributed by atoms with Crippen molar-refractivity contribution in [3.63, 3.8) is 0 Å². The van der Waals surface area contributed by atoms with Gasteiger partial charge in [-0.1, -0.05) is 22.4 Å². The Morgan fingerprint density at radius 1 is 0.603 bits per heavy atom. The molecule has 8 aromatic heterocycles. The van der Waals surface area contributed by atoms with Crippen molar-refractivity contribution in [2.24, 2.45) is 0 Å². The van der Waals surface area contributed by atoms with Crippen molar-refractivity contribution in [3.8, 4) is 33.8 Å². The fourth-order valence-electron chi connectivity index (χ4n) is 9.06. The fourth-order valence-corrected chi connectivity index (χ4v) is 9.06. The van der Waals surface area contributed by atoms with Gasteiger partial charge in [0.2, 0.25) is 0 Å². The van der Waals surface area contributed by atoms with E-state index < -0.39 is 12.1 Å². The molecule has 2 atom stereocenters. The van der Waals surface area contributed by atoms with Crippen molar-refractivity contribution in [1.82, 2.24) is 48.3 Å². The number of hydrogen-bond donors (Lipinski definition) is 0. The average molecular weight is 841 g/mol. The van der Waals surface area contributed by atoms with E-state index in [9.17, 15) is 0 Å². The van der Waals surface area contributed by atoms with Crippen molar-refractivity contribution in [3.05, 3.63) is 141 Å². The van der Waals surface area contributed by atoms with Gasteiger partial charge < -0.3 is 27.5 Å². The Labute approximate surface area is 359 Å². The van der Waals surface area contributed by atoms with Crippen LogP contribution in [-0.2, 0) is 0 Å². The number of ether oxygens (including phenoxy) is 2. The van der Waals surface area contributed by atoms with Crippen LogP contribution in [0.15, 0.2) is 104 Å². The molecule has 0 saturated carbocycles. The first-order valence-electron chi connectivity index (χ1n) is 20.4. The molecular weight excluding hydrogens is 799 g/mol. The molecule has 10 aromatic rings. The van der Waals surface area contributed by atoms with Crippen LogP contribution in [0, 0.1) is 27.7 Å². The van der Waals surface area contributed by atoms with Crippen molar-refractivity contribution >= 4 is 51.4 Å². The molecule has 8 heterocycles. The molecule has 63 heavy (non-hydrogen) atoms. The van der Waals surface area contributed by atoms with Gasteiger partial charge in [0, 0.05) is 34.3 Å². The molecule has 2 unspecified atom stereocenters. The maximum atomic E-state index is 15.2. The number of benzene rings is 2. The van der Waals surface area contributed by atoms with Crippen LogP contribution in [0.25, 0.3) is 66.1 Å². The Kier molecular flexibility index (Phi) is 9.35. The van der Waals surface area contributed by atoms with Crippen LogP contribution in [-0.4, -0.2) is 70.1 Å². The molecule has 0 aliphatic rings. The molecule has 0 radical (unpaired) electrons. The second-order valence-corrected chi connectivity index (χ2v) is 15.7. The van der Waals surface area contributed by atoms with Gasteiger partial charge in [0.05, 0.1) is 106 Å². The highest BCUT2D eigenvalue weighted by Crippen LogP contribution is 2.41. The molecule has 314 valence electrons. The summed E-state index contributed by atoms with van der Waals surface area (Å²) in [4.78, 5) is 49.5. The Hall–Kier alpha value is -7.82. The molecule has 0 N–H and O–H groups in total. The van der Waals surface area contributed by atoms with E-state index in [2.05, 4.69) is 20.3 Å². The molecular formula is C46H41BN10O6. The summed E-state index contributed by atoms with van der Waals surface area (Å²) in [5, 5.41) is 9.69. The van der Waals surface area contributed by atoms with E-state index in [0.717, 1.165) is 22.3 Å². The SMILES string of the molecule is COc1cc2c(cc1-c1c(C)noc1C)ncc1c2n(C(C)c2ccccn2)c(=O)n1Bn1c(=O)n(C(C)c2ccccn2)c2c3cc(OC)c(-c4c(C)noc4C)cc3ncc21. The average Bonchev–Trinajstić information content (AvgIpc) is 4.00. The Balaban J connectivity index is 1.24. The summed E-state index contributed by atoms with van der Waals surface area (Å²) in [5.41, 5.74) is 8.65. The third kappa shape index (κ3) is 6.05. The Bertz CT molecular complexity index is 3280. The molecule has 2 aromatic carbocycles. The maximum absolute atomic E-state index is 15.2. The predicted molar refractivity (Wildman–Crippen MR) is 240 cm³/mol. The predicted octanol–water partition coefficient (Wildman–Crippen LogP) is 7.25. The zero-order chi connectivity index (χ0) is 43.8. The highest BCUT2D eigenvalue weighted by atomic mass is 16.5. The zero-order valence-corrected chi connectivity index (χ0v) is 35.9. The number of fused-ring (bicyclic) bond motifs is 6. The number of rotatable bonds is 10. The van der Waals surface area contributed by atoms with Gasteiger partial charge in [-0.15, -0.1) is 0 Å². The van der Waals surface area contributed by atoms with Crippen LogP contribution in [0.2, 0.25) is 0 Å². The lowest BCUT2D eigenvalue weighted by atomic mass is 10.00. The van der Waals surface area contributed by atoms with E-state index >= 15 is 9.59 Å². The van der Waals surface area contributed by atoms with Gasteiger partial charge in [-0.25, -0.2) is 9.59 Å². The van der Waals surface area contributed by atoms with Crippen LogP contribution in [0.3, 0.4) is 0 Å². The Morgan fingerprint density at radius 2 is 1.03 bits per heavy atom. The third-order valence-electron chi connectivity index (χ3n) is 12.1. The summed E-state index contributed by atoms with van der Waals surface area (Å²) in [6.07, 6.45) is 6.77. The molecule has 17 heteroatoms. The highest BCUT2D eigenvalue weighted by molar-refractivity contribution is 6.36. The Morgan fingerprint density at radius 3 is 1.38 bits per heavy atom. The zero-order valence-electron chi connectivity index (χ0n) is 35.9. The second kappa shape index (κ2) is 15.0. The summed E-state index contributed by atoms with van der Waals surface area (Å²) >= 11 is 0. The summed E-state index contributed by atoms with van der Waals surface area (Å²) in [7, 11) is 3.03. The largest absolute Gasteiger partial charge is 0.496 e. The first-order chi connectivity index (χ1) is 30.5. The topological polar surface area (TPSA) is 176 Å². The standard InChI is InChI=1S/C46H41BN10O6/c1-23-41(27(5)62-52-23)31-17-35-29(19-39(31)60-7)43-37(21-50-35)56(45(58)54(43)25(3)33-13-9-11-15-48-33)47-57-38-22-51-36-18-32(42-24(2)53-63-28(42)6)40(61-8)20-30(36)44(38)55(46(57)59)26(4)34-14-10-12-16-49-34/h9-22,25-26,47H,1-8H3. The first-order valence-corrected chi connectivity index (χ1v) is 20.4. The number of imidazole rings is 2. The van der Waals surface area contributed by atoms with E-state index in [4.69, 9.17) is 28.5 Å². The minimum Gasteiger partial charge on any atom is -0.496 e. The van der Waals surface area contributed by atoms with Crippen LogP contribution in [0.1, 0.15) is 60.2 Å². The van der Waals surface area contributed by atoms with Crippen LogP contribution in [0.4, 0.5) is 0 Å². The number of aryl methyl sites for hydroxylation is 4. The molecule has 16 nitrogen and oxygen atoms in total. The molecule has 0 saturated heterocycles. The second-order valence-electron chi connectivity index (χ2n) is 15.7. The summed E-state index contributed by atoms with van der Waals surface area (Å²) in [6.45, 7) is 11.3. The lowest BCUT2D eigenvalue weighted by Crippen LogP contribution is -2.37. The monoisotopic (exact) mass is 840 g/mol. The minimum absolute atomic E-state index is 0.169. The molecule has 0 spiro atoms. The third-order valence-corrected chi connectivity index (χ3v) is 12.1. The summed E-state index contributed by atoms with van der Waals surface area (Å²) in [5.74, 6) is 2.39. The van der Waals surface area contributed by atoms with Crippen molar-refractivity contribution in [2.75, 3.05) is 14.2 Å². The van der Waals surface area contributed by atoms with Crippen LogP contribution < -0.4 is 20.9 Å². The van der Waals surface area contributed by atoms with E-state index in [1.54, 1.807) is 57.1 Å². The van der Waals surface area contributed by atoms with Gasteiger partial charge in [-0.3, -0.25) is 29.1 Å². The van der Waals surface area contributed by atoms with Gasteiger partial charge in [-0.2, -0.15) is 0 Å². The van der Waals surface area contributed by atoms with Crippen molar-refractivity contribution < 1.29 is 18.5 Å². The van der Waals surface area contributed by atoms with E-state index in [0.29, 0.717) is 89.7 Å². The van der Waals surface area contributed by atoms with Gasteiger partial charge in [0.25, 0.3) is 0 Å². The van der Waals surface area contributed by atoms with E-state index in [1.165, 1.54) is 0 Å². The van der Waals surface area contributed by atoms with Crippen molar-refractivity contribution in [2.45, 2.75) is 53.6 Å². The normalized spacial score (nSPS) is 12.8. The number of pyridine rings is 4. The number of hydrogen-bond acceptors (Lipinski definition) is 12. The molecule has 10 rings (SSSR count). The fraction of sp³-hybridized carbons (Fsp3) is 0.217. The summed E-state index contributed by atoms with van der Waals surface area (Å²) in [6, 6.07) is 17.8. The molecule has 0 aliphatic heterocycles. The van der Waals surface area contributed by atoms with Crippen molar-refractivity contribution in [1.29, 1.82) is 0 Å². The summed E-state index contributed by atoms with van der Waals surface area (Å²) < 4.78 is 29.6. The molecule has 0 fully saturated rings. The first kappa shape index (κ1) is 39.3. The lowest BCUT2D eigenvalue weighted by molar-refractivity contribution is 0.393. The van der Waals surface area contributed by atoms with Gasteiger partial charge >= 0.3 is 18.9 Å². The van der Waals surface area contributed by atoms with Gasteiger partial charge in [-0.05, 0) is 90.1 Å². The molecule has 0 bridgehead atoms. The lowest BCUT2D eigenvalue weighted by Gasteiger charge is -2.15. The quantitative estimate of drug-likeness (QED) is 0.126. The maximum Gasteiger partial charge on any atom is 0.374 e.